The average molecular weight is 268 g/mol. The molecule has 0 spiro atoms. The molecular formula is C15H22F2N2. The van der Waals surface area contributed by atoms with Crippen molar-refractivity contribution in [3.05, 3.63) is 29.8 Å². The molecule has 19 heavy (non-hydrogen) atoms. The van der Waals surface area contributed by atoms with E-state index >= 15 is 0 Å². The number of nitrogens with zero attached hydrogens (tertiary/aromatic N) is 1. The lowest BCUT2D eigenvalue weighted by atomic mass is 9.99. The van der Waals surface area contributed by atoms with Crippen molar-refractivity contribution in [1.29, 1.82) is 0 Å². The fourth-order valence-corrected chi connectivity index (χ4v) is 2.57. The Morgan fingerprint density at radius 1 is 1.32 bits per heavy atom. The lowest BCUT2D eigenvalue weighted by Gasteiger charge is -2.29. The maximum absolute atomic E-state index is 13.3. The van der Waals surface area contributed by atoms with Crippen molar-refractivity contribution in [3.63, 3.8) is 0 Å². The Balaban J connectivity index is 2.17. The van der Waals surface area contributed by atoms with E-state index in [0.717, 1.165) is 38.5 Å². The van der Waals surface area contributed by atoms with Crippen molar-refractivity contribution in [3.8, 4) is 0 Å². The van der Waals surface area contributed by atoms with Crippen LogP contribution in [-0.4, -0.2) is 25.7 Å². The Hall–Kier alpha value is -1.16. The van der Waals surface area contributed by atoms with Crippen LogP contribution >= 0.6 is 0 Å². The second-order valence-electron chi connectivity index (χ2n) is 5.37. The van der Waals surface area contributed by atoms with E-state index in [1.165, 1.54) is 12.1 Å². The van der Waals surface area contributed by atoms with Crippen molar-refractivity contribution < 1.29 is 8.78 Å². The van der Waals surface area contributed by atoms with Gasteiger partial charge in [-0.2, -0.15) is 0 Å². The third kappa shape index (κ3) is 3.66. The van der Waals surface area contributed by atoms with Gasteiger partial charge in [0.2, 0.25) is 0 Å². The van der Waals surface area contributed by atoms with Crippen molar-refractivity contribution >= 4 is 5.69 Å². The highest BCUT2D eigenvalue weighted by atomic mass is 19.1. The summed E-state index contributed by atoms with van der Waals surface area (Å²) in [6, 6.07) is 4.13. The molecule has 2 rings (SSSR count). The van der Waals surface area contributed by atoms with E-state index in [4.69, 9.17) is 0 Å². The van der Waals surface area contributed by atoms with Crippen molar-refractivity contribution in [2.45, 2.75) is 32.7 Å². The first-order valence-electron chi connectivity index (χ1n) is 7.04. The summed E-state index contributed by atoms with van der Waals surface area (Å²) in [6.07, 6.45) is 2.09. The van der Waals surface area contributed by atoms with E-state index in [9.17, 15) is 8.78 Å². The molecule has 1 saturated heterocycles. The Morgan fingerprint density at radius 2 is 2.00 bits per heavy atom. The maximum Gasteiger partial charge on any atom is 0.128 e. The molecule has 0 amide bonds. The van der Waals surface area contributed by atoms with Crippen LogP contribution in [-0.2, 0) is 0 Å². The van der Waals surface area contributed by atoms with Crippen molar-refractivity contribution in [1.82, 2.24) is 5.32 Å². The Morgan fingerprint density at radius 3 is 2.63 bits per heavy atom. The van der Waals surface area contributed by atoms with Crippen molar-refractivity contribution in [2.24, 2.45) is 5.92 Å². The first kappa shape index (κ1) is 14.3. The van der Waals surface area contributed by atoms with Crippen molar-refractivity contribution in [2.75, 3.05) is 24.5 Å². The number of rotatable bonds is 3. The van der Waals surface area contributed by atoms with Crippen LogP contribution in [0.1, 0.15) is 26.7 Å². The number of nitrogens with one attached hydrogen (secondary N) is 1. The van der Waals surface area contributed by atoms with Gasteiger partial charge < -0.3 is 10.2 Å². The quantitative estimate of drug-likeness (QED) is 0.905. The molecule has 1 aliphatic heterocycles. The predicted octanol–water partition coefficient (Wildman–Crippen LogP) is 3.18. The van der Waals surface area contributed by atoms with Crippen LogP contribution < -0.4 is 10.2 Å². The summed E-state index contributed by atoms with van der Waals surface area (Å²) in [6.45, 7) is 6.99. The maximum atomic E-state index is 13.3. The molecule has 2 unspecified atom stereocenters. The van der Waals surface area contributed by atoms with Gasteiger partial charge in [0.25, 0.3) is 0 Å². The summed E-state index contributed by atoms with van der Waals surface area (Å²) in [5, 5.41) is 3.53. The van der Waals surface area contributed by atoms with Gasteiger partial charge in [-0.25, -0.2) is 8.78 Å². The van der Waals surface area contributed by atoms with E-state index in [2.05, 4.69) is 24.1 Å². The lowest BCUT2D eigenvalue weighted by Crippen LogP contribution is -2.42. The number of hydrogen-bond acceptors (Lipinski definition) is 2. The third-order valence-electron chi connectivity index (χ3n) is 3.97. The first-order valence-corrected chi connectivity index (χ1v) is 7.04. The van der Waals surface area contributed by atoms with E-state index in [0.29, 0.717) is 17.6 Å². The molecule has 4 heteroatoms. The lowest BCUT2D eigenvalue weighted by molar-refractivity contribution is 0.384. The predicted molar refractivity (Wildman–Crippen MR) is 74.4 cm³/mol. The third-order valence-corrected chi connectivity index (χ3v) is 3.97. The van der Waals surface area contributed by atoms with Gasteiger partial charge in [0.15, 0.2) is 0 Å². The summed E-state index contributed by atoms with van der Waals surface area (Å²) in [7, 11) is 0. The molecule has 0 radical (unpaired) electrons. The number of halogens is 2. The highest BCUT2D eigenvalue weighted by molar-refractivity contribution is 5.47. The summed E-state index contributed by atoms with van der Waals surface area (Å²) < 4.78 is 26.6. The molecule has 1 fully saturated rings. The monoisotopic (exact) mass is 268 g/mol. The molecule has 106 valence electrons. The summed E-state index contributed by atoms with van der Waals surface area (Å²) in [4.78, 5) is 2.09. The van der Waals surface area contributed by atoms with Crippen LogP contribution in [0.15, 0.2) is 18.2 Å². The highest BCUT2D eigenvalue weighted by Crippen LogP contribution is 2.21. The van der Waals surface area contributed by atoms with Crippen LogP contribution in [0.25, 0.3) is 0 Å². The molecule has 0 aromatic heterocycles. The topological polar surface area (TPSA) is 15.3 Å². The Bertz CT molecular complexity index is 402. The molecular weight excluding hydrogens is 246 g/mol. The first-order chi connectivity index (χ1) is 9.10. The van der Waals surface area contributed by atoms with E-state index in [1.807, 2.05) is 0 Å². The number of benzene rings is 1. The smallest absolute Gasteiger partial charge is 0.128 e. The number of anilines is 1. The number of hydrogen-bond donors (Lipinski definition) is 1. The van der Waals surface area contributed by atoms with E-state index < -0.39 is 11.6 Å². The molecule has 0 saturated carbocycles. The average Bonchev–Trinajstić information content (AvgIpc) is 2.62. The van der Waals surface area contributed by atoms with Crippen LogP contribution in [0.4, 0.5) is 14.5 Å². The van der Waals surface area contributed by atoms with Crippen LogP contribution in [0.5, 0.6) is 0 Å². The zero-order valence-electron chi connectivity index (χ0n) is 11.6. The Labute approximate surface area is 113 Å². The largest absolute Gasteiger partial charge is 0.370 e. The molecule has 1 N–H and O–H groups in total. The molecule has 1 aromatic rings. The molecule has 1 aliphatic rings. The van der Waals surface area contributed by atoms with Crippen LogP contribution in [0.3, 0.4) is 0 Å². The highest BCUT2D eigenvalue weighted by Gasteiger charge is 2.22. The van der Waals surface area contributed by atoms with Gasteiger partial charge in [-0.05, 0) is 31.0 Å². The zero-order valence-corrected chi connectivity index (χ0v) is 11.6. The molecule has 1 heterocycles. The summed E-state index contributed by atoms with van der Waals surface area (Å²) in [5.41, 5.74) is 0.648. The minimum Gasteiger partial charge on any atom is -0.370 e. The van der Waals surface area contributed by atoms with Gasteiger partial charge in [-0.1, -0.05) is 20.3 Å². The standard InChI is InChI=1S/C15H22F2N2/c1-3-11(2)15-10-19(6-4-5-18-15)14-8-12(16)7-13(17)9-14/h7-9,11,15,18H,3-6,10H2,1-2H3. The second kappa shape index (κ2) is 6.33. The van der Waals surface area contributed by atoms with Gasteiger partial charge in [0, 0.05) is 30.9 Å². The van der Waals surface area contributed by atoms with Crippen LogP contribution in [0, 0.1) is 17.6 Å². The molecule has 2 atom stereocenters. The minimum absolute atomic E-state index is 0.374. The SMILES string of the molecule is CCC(C)C1CN(c2cc(F)cc(F)c2)CCCN1. The molecule has 0 aliphatic carbocycles. The van der Waals surface area contributed by atoms with Gasteiger partial charge >= 0.3 is 0 Å². The van der Waals surface area contributed by atoms with Gasteiger partial charge in [-0.3, -0.25) is 0 Å². The van der Waals surface area contributed by atoms with Gasteiger partial charge in [-0.15, -0.1) is 0 Å². The van der Waals surface area contributed by atoms with Gasteiger partial charge in [0.1, 0.15) is 11.6 Å². The fourth-order valence-electron chi connectivity index (χ4n) is 2.57. The van der Waals surface area contributed by atoms with Crippen LogP contribution in [0.2, 0.25) is 0 Å². The fraction of sp³-hybridized carbons (Fsp3) is 0.600. The zero-order chi connectivity index (χ0) is 13.8. The van der Waals surface area contributed by atoms with Gasteiger partial charge in [0.05, 0.1) is 0 Å². The second-order valence-corrected chi connectivity index (χ2v) is 5.37. The van der Waals surface area contributed by atoms with E-state index in [-0.39, 0.29) is 0 Å². The summed E-state index contributed by atoms with van der Waals surface area (Å²) in [5.74, 6) is -0.460. The molecule has 0 bridgehead atoms. The van der Waals surface area contributed by atoms with E-state index in [1.54, 1.807) is 0 Å². The Kier molecular flexibility index (Phi) is 4.75. The summed E-state index contributed by atoms with van der Waals surface area (Å²) >= 11 is 0. The minimum atomic E-state index is -0.507. The molecule has 1 aromatic carbocycles. The molecule has 2 nitrogen and oxygen atoms in total. The normalized spacial score (nSPS) is 22.1.